The molecule has 0 spiro atoms. The SMILES string of the molecule is OC[C@]1(O)[C@@H](O)[C@H](OCc2ccccc2)CCC1(F)F. The van der Waals surface area contributed by atoms with E-state index in [-0.39, 0.29) is 13.0 Å². The maximum Gasteiger partial charge on any atom is 0.281 e. The van der Waals surface area contributed by atoms with Crippen LogP contribution in [0.2, 0.25) is 0 Å². The molecule has 20 heavy (non-hydrogen) atoms. The Morgan fingerprint density at radius 1 is 1.25 bits per heavy atom. The van der Waals surface area contributed by atoms with Crippen LogP contribution >= 0.6 is 0 Å². The summed E-state index contributed by atoms with van der Waals surface area (Å²) in [7, 11) is 0. The van der Waals surface area contributed by atoms with E-state index < -0.39 is 36.8 Å². The molecule has 0 saturated heterocycles. The van der Waals surface area contributed by atoms with E-state index in [1.165, 1.54) is 0 Å². The van der Waals surface area contributed by atoms with Crippen molar-refractivity contribution in [3.05, 3.63) is 35.9 Å². The second kappa shape index (κ2) is 5.73. The highest BCUT2D eigenvalue weighted by molar-refractivity contribution is 5.14. The zero-order valence-corrected chi connectivity index (χ0v) is 10.9. The van der Waals surface area contributed by atoms with E-state index in [1.54, 1.807) is 0 Å². The lowest BCUT2D eigenvalue weighted by Gasteiger charge is -2.45. The molecule has 1 saturated carbocycles. The zero-order valence-electron chi connectivity index (χ0n) is 10.9. The number of alkyl halides is 2. The molecule has 2 rings (SSSR count). The zero-order chi connectivity index (χ0) is 14.8. The summed E-state index contributed by atoms with van der Waals surface area (Å²) in [5.74, 6) is -3.53. The lowest BCUT2D eigenvalue weighted by molar-refractivity contribution is -0.286. The van der Waals surface area contributed by atoms with Crippen LogP contribution in [-0.2, 0) is 11.3 Å². The number of rotatable bonds is 4. The van der Waals surface area contributed by atoms with E-state index in [9.17, 15) is 19.0 Å². The van der Waals surface area contributed by atoms with Gasteiger partial charge in [0.2, 0.25) is 0 Å². The lowest BCUT2D eigenvalue weighted by Crippen LogP contribution is -2.66. The van der Waals surface area contributed by atoms with Crippen LogP contribution in [0, 0.1) is 0 Å². The Morgan fingerprint density at radius 3 is 2.50 bits per heavy atom. The van der Waals surface area contributed by atoms with E-state index >= 15 is 0 Å². The average Bonchev–Trinajstić information content (AvgIpc) is 2.45. The Kier molecular flexibility index (Phi) is 4.39. The molecule has 3 atom stereocenters. The summed E-state index contributed by atoms with van der Waals surface area (Å²) in [5.41, 5.74) is -2.02. The van der Waals surface area contributed by atoms with Crippen LogP contribution in [0.1, 0.15) is 18.4 Å². The highest BCUT2D eigenvalue weighted by Gasteiger charge is 2.62. The molecule has 0 unspecified atom stereocenters. The Labute approximate surface area is 115 Å². The molecular formula is C14H18F2O4. The van der Waals surface area contributed by atoms with Crippen molar-refractivity contribution in [2.75, 3.05) is 6.61 Å². The van der Waals surface area contributed by atoms with Gasteiger partial charge >= 0.3 is 0 Å². The second-order valence-corrected chi connectivity index (χ2v) is 5.11. The molecule has 0 amide bonds. The fourth-order valence-corrected chi connectivity index (χ4v) is 2.38. The molecular weight excluding hydrogens is 270 g/mol. The van der Waals surface area contributed by atoms with Crippen molar-refractivity contribution < 1.29 is 28.8 Å². The molecule has 4 nitrogen and oxygen atoms in total. The number of aliphatic hydroxyl groups is 3. The molecule has 1 aromatic rings. The number of hydrogen-bond acceptors (Lipinski definition) is 4. The van der Waals surface area contributed by atoms with Crippen LogP contribution in [-0.4, -0.2) is 45.7 Å². The minimum atomic E-state index is -3.53. The van der Waals surface area contributed by atoms with Crippen molar-refractivity contribution in [3.8, 4) is 0 Å². The van der Waals surface area contributed by atoms with E-state index in [2.05, 4.69) is 0 Å². The van der Waals surface area contributed by atoms with Gasteiger partial charge in [0.25, 0.3) is 5.92 Å². The minimum absolute atomic E-state index is 0.0800. The highest BCUT2D eigenvalue weighted by Crippen LogP contribution is 2.42. The molecule has 3 N–H and O–H groups in total. The Hall–Kier alpha value is -1.08. The van der Waals surface area contributed by atoms with E-state index in [1.807, 2.05) is 30.3 Å². The molecule has 1 fully saturated rings. The van der Waals surface area contributed by atoms with Gasteiger partial charge in [-0.25, -0.2) is 8.78 Å². The van der Waals surface area contributed by atoms with Crippen LogP contribution in [0.25, 0.3) is 0 Å². The summed E-state index contributed by atoms with van der Waals surface area (Å²) in [6.07, 6.45) is -3.49. The molecule has 1 aliphatic carbocycles. The summed E-state index contributed by atoms with van der Waals surface area (Å²) in [4.78, 5) is 0. The fraction of sp³-hybridized carbons (Fsp3) is 0.571. The molecule has 0 radical (unpaired) electrons. The molecule has 0 aromatic heterocycles. The van der Waals surface area contributed by atoms with Crippen LogP contribution in [0.5, 0.6) is 0 Å². The first kappa shape index (κ1) is 15.3. The Balaban J connectivity index is 2.04. The van der Waals surface area contributed by atoms with Gasteiger partial charge in [-0.1, -0.05) is 30.3 Å². The largest absolute Gasteiger partial charge is 0.393 e. The first-order chi connectivity index (χ1) is 9.40. The fourth-order valence-electron chi connectivity index (χ4n) is 2.38. The van der Waals surface area contributed by atoms with Crippen molar-refractivity contribution >= 4 is 0 Å². The van der Waals surface area contributed by atoms with Gasteiger partial charge in [0.05, 0.1) is 19.3 Å². The lowest BCUT2D eigenvalue weighted by atomic mass is 9.77. The van der Waals surface area contributed by atoms with Crippen LogP contribution in [0.15, 0.2) is 30.3 Å². The number of benzene rings is 1. The standard InChI is InChI=1S/C14H18F2O4/c15-14(16)7-6-11(12(18)13(14,19)9-17)20-8-10-4-2-1-3-5-10/h1-5,11-12,17-19H,6-9H2/t11-,12+,13+/m1/s1. The molecule has 1 aromatic carbocycles. The van der Waals surface area contributed by atoms with Gasteiger partial charge in [0.1, 0.15) is 6.10 Å². The summed E-state index contributed by atoms with van der Waals surface area (Å²) < 4.78 is 32.6. The number of ether oxygens (including phenoxy) is 1. The monoisotopic (exact) mass is 288 g/mol. The Bertz CT molecular complexity index is 440. The summed E-state index contributed by atoms with van der Waals surface area (Å²) in [6.45, 7) is -1.07. The number of aliphatic hydroxyl groups excluding tert-OH is 2. The van der Waals surface area contributed by atoms with E-state index in [4.69, 9.17) is 9.84 Å². The topological polar surface area (TPSA) is 69.9 Å². The molecule has 0 bridgehead atoms. The molecule has 0 aliphatic heterocycles. The van der Waals surface area contributed by atoms with Crippen molar-refractivity contribution in [1.29, 1.82) is 0 Å². The predicted octanol–water partition coefficient (Wildman–Crippen LogP) is 1.09. The summed E-state index contributed by atoms with van der Waals surface area (Å²) in [6, 6.07) is 9.08. The van der Waals surface area contributed by atoms with Gasteiger partial charge in [-0.2, -0.15) is 0 Å². The normalized spacial score (nSPS) is 33.0. The first-order valence-electron chi connectivity index (χ1n) is 6.45. The highest BCUT2D eigenvalue weighted by atomic mass is 19.3. The molecule has 0 heterocycles. The molecule has 1 aliphatic rings. The third-order valence-electron chi connectivity index (χ3n) is 3.77. The number of hydrogen-bond donors (Lipinski definition) is 3. The van der Waals surface area contributed by atoms with Crippen molar-refractivity contribution in [2.45, 2.75) is 43.2 Å². The van der Waals surface area contributed by atoms with Crippen LogP contribution in [0.4, 0.5) is 8.78 Å². The van der Waals surface area contributed by atoms with E-state index in [0.29, 0.717) is 0 Å². The third kappa shape index (κ3) is 2.69. The second-order valence-electron chi connectivity index (χ2n) is 5.11. The maximum atomic E-state index is 13.6. The van der Waals surface area contributed by atoms with Crippen LogP contribution in [0.3, 0.4) is 0 Å². The van der Waals surface area contributed by atoms with Gasteiger partial charge in [0, 0.05) is 6.42 Å². The molecule has 6 heteroatoms. The average molecular weight is 288 g/mol. The van der Waals surface area contributed by atoms with E-state index in [0.717, 1.165) is 5.56 Å². The van der Waals surface area contributed by atoms with Gasteiger partial charge in [0.15, 0.2) is 5.60 Å². The van der Waals surface area contributed by atoms with Crippen molar-refractivity contribution in [3.63, 3.8) is 0 Å². The summed E-state index contributed by atoms with van der Waals surface area (Å²) >= 11 is 0. The Morgan fingerprint density at radius 2 is 1.90 bits per heavy atom. The maximum absolute atomic E-state index is 13.6. The third-order valence-corrected chi connectivity index (χ3v) is 3.77. The number of halogens is 2. The summed E-state index contributed by atoms with van der Waals surface area (Å²) in [5, 5.41) is 28.7. The van der Waals surface area contributed by atoms with Gasteiger partial charge < -0.3 is 20.1 Å². The predicted molar refractivity (Wildman–Crippen MR) is 67.2 cm³/mol. The van der Waals surface area contributed by atoms with Crippen molar-refractivity contribution in [1.82, 2.24) is 0 Å². The van der Waals surface area contributed by atoms with Gasteiger partial charge in [-0.3, -0.25) is 0 Å². The molecule has 112 valence electrons. The van der Waals surface area contributed by atoms with Crippen molar-refractivity contribution in [2.24, 2.45) is 0 Å². The van der Waals surface area contributed by atoms with Crippen LogP contribution < -0.4 is 0 Å². The van der Waals surface area contributed by atoms with Gasteiger partial charge in [-0.05, 0) is 12.0 Å². The first-order valence-corrected chi connectivity index (χ1v) is 6.45. The minimum Gasteiger partial charge on any atom is -0.393 e. The smallest absolute Gasteiger partial charge is 0.281 e. The quantitative estimate of drug-likeness (QED) is 0.775. The van der Waals surface area contributed by atoms with Gasteiger partial charge in [-0.15, -0.1) is 0 Å².